The second kappa shape index (κ2) is 6.23. The predicted octanol–water partition coefficient (Wildman–Crippen LogP) is -0.463. The first-order valence-electron chi connectivity index (χ1n) is 5.43. The number of hydrogen-bond donors (Lipinski definition) is 3. The molecule has 2 atom stereocenters. The molecule has 0 aromatic carbocycles. The van der Waals surface area contributed by atoms with E-state index in [4.69, 9.17) is 22.4 Å². The van der Waals surface area contributed by atoms with Gasteiger partial charge in [-0.25, -0.2) is 4.99 Å². The third-order valence-electron chi connectivity index (χ3n) is 2.73. The highest BCUT2D eigenvalue weighted by atomic mass is 35.5. The average Bonchev–Trinajstić information content (AvgIpc) is 2.73. The molecule has 0 bridgehead atoms. The SMILES string of the molecule is CN=C(C(Cl)=C(C)N)[S+]([O-])N1CCC(O)(CO)C1. The number of β-amino-alcohol motifs (C(OH)–C–C–N with tert-alkyl or cyclic N) is 1. The van der Waals surface area contributed by atoms with Crippen LogP contribution in [0.2, 0.25) is 0 Å². The van der Waals surface area contributed by atoms with E-state index in [9.17, 15) is 9.66 Å². The maximum atomic E-state index is 12.3. The molecule has 2 unspecified atom stereocenters. The van der Waals surface area contributed by atoms with Gasteiger partial charge in [0.25, 0.3) is 5.04 Å². The predicted molar refractivity (Wildman–Crippen MR) is 72.5 cm³/mol. The Bertz CT molecular complexity index is 373. The van der Waals surface area contributed by atoms with E-state index in [0.717, 1.165) is 0 Å². The third kappa shape index (κ3) is 3.37. The highest BCUT2D eigenvalue weighted by molar-refractivity contribution is 8.05. The molecule has 0 spiro atoms. The van der Waals surface area contributed by atoms with Crippen LogP contribution in [0.4, 0.5) is 0 Å². The first-order valence-corrected chi connectivity index (χ1v) is 6.92. The fourth-order valence-electron chi connectivity index (χ4n) is 1.63. The molecule has 0 radical (unpaired) electrons. The van der Waals surface area contributed by atoms with Gasteiger partial charge in [0.05, 0.1) is 13.2 Å². The van der Waals surface area contributed by atoms with Gasteiger partial charge in [-0.2, -0.15) is 0 Å². The van der Waals surface area contributed by atoms with Crippen molar-refractivity contribution in [3.63, 3.8) is 0 Å². The lowest BCUT2D eigenvalue weighted by atomic mass is 10.1. The Morgan fingerprint density at radius 3 is 2.67 bits per heavy atom. The van der Waals surface area contributed by atoms with Crippen LogP contribution in [0, 0.1) is 0 Å². The second-order valence-electron chi connectivity index (χ2n) is 4.27. The molecule has 1 aliphatic heterocycles. The second-order valence-corrected chi connectivity index (χ2v) is 6.05. The summed E-state index contributed by atoms with van der Waals surface area (Å²) in [5, 5.41) is 19.3. The van der Waals surface area contributed by atoms with Crippen molar-refractivity contribution in [2.24, 2.45) is 10.7 Å². The molecular formula is C10H18ClN3O3S. The summed E-state index contributed by atoms with van der Waals surface area (Å²) >= 11 is 4.36. The summed E-state index contributed by atoms with van der Waals surface area (Å²) in [6.45, 7) is 1.75. The van der Waals surface area contributed by atoms with Gasteiger partial charge in [0.1, 0.15) is 22.0 Å². The number of nitrogens with zero attached hydrogens (tertiary/aromatic N) is 2. The lowest BCUT2D eigenvalue weighted by Gasteiger charge is -2.22. The Kier molecular flexibility index (Phi) is 5.45. The molecule has 0 amide bonds. The van der Waals surface area contributed by atoms with Gasteiger partial charge in [0, 0.05) is 19.3 Å². The maximum absolute atomic E-state index is 12.3. The van der Waals surface area contributed by atoms with Crippen LogP contribution in [0.5, 0.6) is 0 Å². The van der Waals surface area contributed by atoms with Gasteiger partial charge in [0.2, 0.25) is 0 Å². The van der Waals surface area contributed by atoms with Gasteiger partial charge < -0.3 is 20.5 Å². The molecule has 0 aromatic rings. The zero-order chi connectivity index (χ0) is 13.9. The average molecular weight is 296 g/mol. The molecule has 4 N–H and O–H groups in total. The quantitative estimate of drug-likeness (QED) is 0.371. The van der Waals surface area contributed by atoms with Crippen molar-refractivity contribution in [2.45, 2.75) is 18.9 Å². The molecule has 104 valence electrons. The first-order chi connectivity index (χ1) is 8.34. The number of allylic oxidation sites excluding steroid dienone is 1. The number of nitrogens with two attached hydrogens (primary N) is 1. The molecule has 1 heterocycles. The summed E-state index contributed by atoms with van der Waals surface area (Å²) in [4.78, 5) is 3.89. The lowest BCUT2D eigenvalue weighted by molar-refractivity contribution is -0.000643. The number of aliphatic hydroxyl groups excluding tert-OH is 1. The standard InChI is InChI=1S/C10H18ClN3O3S/c1-7(12)8(11)9(13-2)18(17)14-4-3-10(16,5-14)6-15/h15-16H,3-6,12H2,1-2H3. The molecule has 6 nitrogen and oxygen atoms in total. The Labute approximate surface area is 114 Å². The van der Waals surface area contributed by atoms with E-state index >= 15 is 0 Å². The van der Waals surface area contributed by atoms with E-state index < -0.39 is 17.0 Å². The smallest absolute Gasteiger partial charge is 0.281 e. The summed E-state index contributed by atoms with van der Waals surface area (Å²) in [5.41, 5.74) is 4.68. The van der Waals surface area contributed by atoms with E-state index in [1.807, 2.05) is 0 Å². The number of rotatable bonds is 3. The Balaban J connectivity index is 2.83. The van der Waals surface area contributed by atoms with E-state index in [1.165, 1.54) is 11.4 Å². The molecule has 8 heteroatoms. The summed E-state index contributed by atoms with van der Waals surface area (Å²) in [5.74, 6) is 0. The van der Waals surface area contributed by atoms with Crippen LogP contribution in [-0.4, -0.2) is 56.5 Å². The van der Waals surface area contributed by atoms with Crippen LogP contribution in [0.1, 0.15) is 13.3 Å². The van der Waals surface area contributed by atoms with Crippen molar-refractivity contribution in [3.8, 4) is 0 Å². The van der Waals surface area contributed by atoms with Crippen molar-refractivity contribution < 1.29 is 14.8 Å². The van der Waals surface area contributed by atoms with Crippen molar-refractivity contribution in [2.75, 3.05) is 26.7 Å². The van der Waals surface area contributed by atoms with Gasteiger partial charge in [0.15, 0.2) is 0 Å². The zero-order valence-electron chi connectivity index (χ0n) is 10.4. The van der Waals surface area contributed by atoms with Gasteiger partial charge >= 0.3 is 0 Å². The molecule has 1 rings (SSSR count). The molecule has 1 aliphatic rings. The van der Waals surface area contributed by atoms with Crippen molar-refractivity contribution in [3.05, 3.63) is 10.7 Å². The van der Waals surface area contributed by atoms with Gasteiger partial charge in [-0.3, -0.25) is 0 Å². The fraction of sp³-hybridized carbons (Fsp3) is 0.700. The van der Waals surface area contributed by atoms with Crippen LogP contribution in [0.15, 0.2) is 15.7 Å². The molecule has 18 heavy (non-hydrogen) atoms. The van der Waals surface area contributed by atoms with E-state index in [0.29, 0.717) is 18.7 Å². The molecular weight excluding hydrogens is 278 g/mol. The highest BCUT2D eigenvalue weighted by Gasteiger charge is 2.43. The summed E-state index contributed by atoms with van der Waals surface area (Å²) in [6.07, 6.45) is 0.356. The number of hydrogen-bond acceptors (Lipinski definition) is 6. The molecule has 0 aromatic heterocycles. The topological polar surface area (TPSA) is 105 Å². The monoisotopic (exact) mass is 295 g/mol. The Morgan fingerprint density at radius 1 is 1.67 bits per heavy atom. The minimum atomic E-state index is -1.59. The minimum Gasteiger partial charge on any atom is -0.591 e. The molecule has 1 fully saturated rings. The highest BCUT2D eigenvalue weighted by Crippen LogP contribution is 2.26. The summed E-state index contributed by atoms with van der Waals surface area (Å²) in [6, 6.07) is 0. The molecule has 0 aliphatic carbocycles. The third-order valence-corrected chi connectivity index (χ3v) is 4.82. The van der Waals surface area contributed by atoms with E-state index in [1.54, 1.807) is 6.92 Å². The van der Waals surface area contributed by atoms with Gasteiger partial charge in [-0.15, -0.1) is 4.31 Å². The number of halogens is 1. The van der Waals surface area contributed by atoms with Gasteiger partial charge in [-0.1, -0.05) is 11.6 Å². The summed E-state index contributed by atoms with van der Waals surface area (Å²) < 4.78 is 13.8. The Hall–Kier alpha value is -0.310. The number of aliphatic hydroxyl groups is 2. The van der Waals surface area contributed by atoms with E-state index in [-0.39, 0.29) is 23.2 Å². The summed E-state index contributed by atoms with van der Waals surface area (Å²) in [7, 11) is 1.48. The number of aliphatic imine (C=N–C) groups is 1. The van der Waals surface area contributed by atoms with Crippen LogP contribution in [0.25, 0.3) is 0 Å². The maximum Gasteiger partial charge on any atom is 0.281 e. The zero-order valence-corrected chi connectivity index (χ0v) is 12.0. The van der Waals surface area contributed by atoms with Crippen LogP contribution >= 0.6 is 11.6 Å². The van der Waals surface area contributed by atoms with Crippen LogP contribution in [0.3, 0.4) is 0 Å². The largest absolute Gasteiger partial charge is 0.591 e. The normalized spacial score (nSPS) is 29.3. The first kappa shape index (κ1) is 15.7. The van der Waals surface area contributed by atoms with Crippen LogP contribution in [-0.2, 0) is 11.4 Å². The van der Waals surface area contributed by atoms with Crippen molar-refractivity contribution >= 4 is 28.0 Å². The lowest BCUT2D eigenvalue weighted by Crippen LogP contribution is -2.41. The van der Waals surface area contributed by atoms with Crippen molar-refractivity contribution in [1.82, 2.24) is 4.31 Å². The van der Waals surface area contributed by atoms with Crippen LogP contribution < -0.4 is 5.73 Å². The molecule has 0 saturated carbocycles. The van der Waals surface area contributed by atoms with E-state index in [2.05, 4.69) is 4.99 Å². The van der Waals surface area contributed by atoms with Gasteiger partial charge in [-0.05, 0) is 13.3 Å². The fourth-order valence-corrected chi connectivity index (χ4v) is 3.25. The molecule has 1 saturated heterocycles. The Morgan fingerprint density at radius 2 is 2.28 bits per heavy atom. The minimum absolute atomic E-state index is 0.114. The van der Waals surface area contributed by atoms with Crippen molar-refractivity contribution in [1.29, 1.82) is 0 Å².